The van der Waals surface area contributed by atoms with Gasteiger partial charge < -0.3 is 10.6 Å². The van der Waals surface area contributed by atoms with Gasteiger partial charge in [0, 0.05) is 25.2 Å². The zero-order valence-corrected chi connectivity index (χ0v) is 13.7. The van der Waals surface area contributed by atoms with Gasteiger partial charge in [0.1, 0.15) is 0 Å². The van der Waals surface area contributed by atoms with E-state index >= 15 is 0 Å². The van der Waals surface area contributed by atoms with Gasteiger partial charge in [0.05, 0.1) is 6.04 Å². The molecule has 4 nitrogen and oxygen atoms in total. The molecule has 2 aliphatic heterocycles. The van der Waals surface area contributed by atoms with E-state index in [1.54, 1.807) is 0 Å². The molecule has 2 N–H and O–H groups in total. The number of carbonyl (C=O) groups is 1. The monoisotopic (exact) mass is 281 g/mol. The highest BCUT2D eigenvalue weighted by Gasteiger charge is 2.51. The van der Waals surface area contributed by atoms with Crippen molar-refractivity contribution in [2.24, 2.45) is 17.8 Å². The van der Waals surface area contributed by atoms with Crippen molar-refractivity contribution in [2.75, 3.05) is 26.2 Å². The van der Waals surface area contributed by atoms with Crippen molar-refractivity contribution in [3.05, 3.63) is 0 Å². The Morgan fingerprint density at radius 2 is 2.05 bits per heavy atom. The van der Waals surface area contributed by atoms with Crippen molar-refractivity contribution in [1.29, 1.82) is 0 Å². The quantitative estimate of drug-likeness (QED) is 0.802. The third-order valence-electron chi connectivity index (χ3n) is 5.29. The zero-order chi connectivity index (χ0) is 14.9. The molecule has 0 aromatic rings. The fraction of sp³-hybridized carbons (Fsp3) is 0.938. The lowest BCUT2D eigenvalue weighted by Gasteiger charge is -2.39. The van der Waals surface area contributed by atoms with E-state index in [9.17, 15) is 4.79 Å². The molecule has 2 saturated heterocycles. The second-order valence-corrected chi connectivity index (χ2v) is 7.48. The predicted octanol–water partition coefficient (Wildman–Crippen LogP) is 1.47. The minimum Gasteiger partial charge on any atom is -0.355 e. The molecule has 2 fully saturated rings. The van der Waals surface area contributed by atoms with Gasteiger partial charge in [-0.3, -0.25) is 9.69 Å². The average molecular weight is 281 g/mol. The van der Waals surface area contributed by atoms with Crippen molar-refractivity contribution < 1.29 is 4.79 Å². The topological polar surface area (TPSA) is 44.4 Å². The van der Waals surface area contributed by atoms with Crippen LogP contribution in [0.3, 0.4) is 0 Å². The summed E-state index contributed by atoms with van der Waals surface area (Å²) in [7, 11) is 0. The van der Waals surface area contributed by atoms with Crippen LogP contribution >= 0.6 is 0 Å². The molecule has 0 bridgehead atoms. The van der Waals surface area contributed by atoms with Crippen molar-refractivity contribution in [3.63, 3.8) is 0 Å². The minimum absolute atomic E-state index is 0.0252. The molecule has 0 radical (unpaired) electrons. The van der Waals surface area contributed by atoms with E-state index in [1.807, 2.05) is 0 Å². The number of rotatable bonds is 5. The molecule has 20 heavy (non-hydrogen) atoms. The Morgan fingerprint density at radius 1 is 1.35 bits per heavy atom. The van der Waals surface area contributed by atoms with Gasteiger partial charge in [-0.2, -0.15) is 0 Å². The van der Waals surface area contributed by atoms with Crippen LogP contribution in [-0.2, 0) is 4.79 Å². The van der Waals surface area contributed by atoms with Crippen LogP contribution < -0.4 is 10.6 Å². The van der Waals surface area contributed by atoms with E-state index in [1.165, 1.54) is 0 Å². The maximum absolute atomic E-state index is 12.4. The Kier molecular flexibility index (Phi) is 4.75. The van der Waals surface area contributed by atoms with E-state index in [0.717, 1.165) is 32.6 Å². The Balaban J connectivity index is 1.92. The standard InChI is InChI=1S/C16H31N3O/c1-11(2)6-7-18-15(20)12(3)19-10-13-8-17-9-14(13)16(19,4)5/h11-14,17H,6-10H2,1-5H3,(H,18,20). The van der Waals surface area contributed by atoms with Gasteiger partial charge in [0.2, 0.25) is 5.91 Å². The molecular weight excluding hydrogens is 250 g/mol. The Bertz CT molecular complexity index is 354. The number of hydrogen-bond acceptors (Lipinski definition) is 3. The van der Waals surface area contributed by atoms with E-state index in [4.69, 9.17) is 0 Å². The molecule has 0 aromatic carbocycles. The number of hydrogen-bond donors (Lipinski definition) is 2. The van der Waals surface area contributed by atoms with Gasteiger partial charge in [-0.25, -0.2) is 0 Å². The van der Waals surface area contributed by atoms with Gasteiger partial charge >= 0.3 is 0 Å². The normalized spacial score (nSPS) is 30.5. The molecule has 2 heterocycles. The van der Waals surface area contributed by atoms with Gasteiger partial charge in [-0.15, -0.1) is 0 Å². The maximum Gasteiger partial charge on any atom is 0.237 e. The smallest absolute Gasteiger partial charge is 0.237 e. The summed E-state index contributed by atoms with van der Waals surface area (Å²) in [4.78, 5) is 14.8. The van der Waals surface area contributed by atoms with E-state index in [0.29, 0.717) is 17.8 Å². The van der Waals surface area contributed by atoms with Gasteiger partial charge in [0.25, 0.3) is 0 Å². The molecular formula is C16H31N3O. The lowest BCUT2D eigenvalue weighted by molar-refractivity contribution is -0.127. The molecule has 0 aromatic heterocycles. The van der Waals surface area contributed by atoms with Crippen LogP contribution in [0.15, 0.2) is 0 Å². The minimum atomic E-state index is -0.0252. The van der Waals surface area contributed by atoms with Crippen molar-refractivity contribution in [2.45, 2.75) is 52.6 Å². The first-order chi connectivity index (χ1) is 9.34. The Labute approximate surface area is 123 Å². The maximum atomic E-state index is 12.4. The molecule has 0 aliphatic carbocycles. The number of carbonyl (C=O) groups excluding carboxylic acids is 1. The van der Waals surface area contributed by atoms with Crippen molar-refractivity contribution in [3.8, 4) is 0 Å². The fourth-order valence-electron chi connectivity index (χ4n) is 3.88. The van der Waals surface area contributed by atoms with E-state index in [2.05, 4.69) is 50.2 Å². The van der Waals surface area contributed by atoms with Crippen LogP contribution in [0.2, 0.25) is 0 Å². The van der Waals surface area contributed by atoms with Crippen LogP contribution in [0, 0.1) is 17.8 Å². The highest BCUT2D eigenvalue weighted by atomic mass is 16.2. The first-order valence-corrected chi connectivity index (χ1v) is 8.09. The highest BCUT2D eigenvalue weighted by Crippen LogP contribution is 2.41. The largest absolute Gasteiger partial charge is 0.355 e. The fourth-order valence-corrected chi connectivity index (χ4v) is 3.88. The van der Waals surface area contributed by atoms with Gasteiger partial charge in [-0.1, -0.05) is 13.8 Å². The van der Waals surface area contributed by atoms with Crippen LogP contribution in [0.4, 0.5) is 0 Å². The average Bonchev–Trinajstić information content (AvgIpc) is 2.90. The van der Waals surface area contributed by atoms with Crippen LogP contribution in [-0.4, -0.2) is 48.6 Å². The number of nitrogens with one attached hydrogen (secondary N) is 2. The third kappa shape index (κ3) is 3.01. The number of nitrogens with zero attached hydrogens (tertiary/aromatic N) is 1. The summed E-state index contributed by atoms with van der Waals surface area (Å²) in [5.74, 6) is 2.20. The number of fused-ring (bicyclic) bond motifs is 1. The van der Waals surface area contributed by atoms with Crippen LogP contribution in [0.25, 0.3) is 0 Å². The molecule has 0 saturated carbocycles. The third-order valence-corrected chi connectivity index (χ3v) is 5.29. The van der Waals surface area contributed by atoms with Gasteiger partial charge in [0.15, 0.2) is 0 Å². The first-order valence-electron chi connectivity index (χ1n) is 8.09. The SMILES string of the molecule is CC(C)CCNC(=O)C(C)N1CC2CNCC2C1(C)C. The molecule has 2 rings (SSSR count). The van der Waals surface area contributed by atoms with Gasteiger partial charge in [-0.05, 0) is 51.5 Å². The molecule has 3 unspecified atom stereocenters. The summed E-state index contributed by atoms with van der Waals surface area (Å²) >= 11 is 0. The summed E-state index contributed by atoms with van der Waals surface area (Å²) in [6.07, 6.45) is 1.05. The zero-order valence-electron chi connectivity index (χ0n) is 13.7. The summed E-state index contributed by atoms with van der Waals surface area (Å²) in [6, 6.07) is -0.0252. The summed E-state index contributed by atoms with van der Waals surface area (Å²) in [5, 5.41) is 6.59. The molecule has 1 amide bonds. The lowest BCUT2D eigenvalue weighted by atomic mass is 9.84. The number of likely N-dealkylation sites (tertiary alicyclic amines) is 1. The predicted molar refractivity (Wildman–Crippen MR) is 82.6 cm³/mol. The van der Waals surface area contributed by atoms with E-state index < -0.39 is 0 Å². The summed E-state index contributed by atoms with van der Waals surface area (Å²) in [6.45, 7) is 15.1. The van der Waals surface area contributed by atoms with Crippen molar-refractivity contribution >= 4 is 5.91 Å². The Morgan fingerprint density at radius 3 is 2.65 bits per heavy atom. The molecule has 3 atom stereocenters. The summed E-state index contributed by atoms with van der Waals surface area (Å²) in [5.41, 5.74) is 0.114. The first kappa shape index (κ1) is 15.8. The van der Waals surface area contributed by atoms with Crippen LogP contribution in [0.1, 0.15) is 41.0 Å². The molecule has 4 heteroatoms. The number of amides is 1. The molecule has 2 aliphatic rings. The Hall–Kier alpha value is -0.610. The highest BCUT2D eigenvalue weighted by molar-refractivity contribution is 5.81. The van der Waals surface area contributed by atoms with E-state index in [-0.39, 0.29) is 17.5 Å². The van der Waals surface area contributed by atoms with Crippen LogP contribution in [0.5, 0.6) is 0 Å². The summed E-state index contributed by atoms with van der Waals surface area (Å²) < 4.78 is 0. The van der Waals surface area contributed by atoms with Crippen molar-refractivity contribution in [1.82, 2.24) is 15.5 Å². The second-order valence-electron chi connectivity index (χ2n) is 7.48. The second kappa shape index (κ2) is 6.02. The lowest BCUT2D eigenvalue weighted by Crippen LogP contribution is -2.54. The molecule has 116 valence electrons. The molecule has 0 spiro atoms.